The van der Waals surface area contributed by atoms with Crippen LogP contribution in [0.25, 0.3) is 27.9 Å². The lowest BCUT2D eigenvalue weighted by atomic mass is 9.85. The second kappa shape index (κ2) is 14.1. The Hall–Kier alpha value is -5.30. The molecule has 1 N–H and O–H groups in total. The molecule has 7 rings (SSSR count). The molecule has 13 heteroatoms. The zero-order valence-corrected chi connectivity index (χ0v) is 29.9. The van der Waals surface area contributed by atoms with Gasteiger partial charge in [0.25, 0.3) is 0 Å². The van der Waals surface area contributed by atoms with Gasteiger partial charge >= 0.3 is 0 Å². The van der Waals surface area contributed by atoms with E-state index in [0.717, 1.165) is 71.6 Å². The van der Waals surface area contributed by atoms with Crippen LogP contribution in [-0.4, -0.2) is 112 Å². The summed E-state index contributed by atoms with van der Waals surface area (Å²) in [6.45, 7) is 14.7. The monoisotopic (exact) mass is 690 g/mol. The topological polar surface area (TPSA) is 128 Å². The summed E-state index contributed by atoms with van der Waals surface area (Å²) in [5, 5.41) is 13.0. The van der Waals surface area contributed by atoms with Crippen molar-refractivity contribution in [3.05, 3.63) is 72.5 Å². The standard InChI is InChI=1S/C38H46N10O3/c1-26(2)51-33(39-4)13-6-27(3)35-31-22-30(11-12-32(31)41-42-35)48-17-15-38(37(48)50)14-16-45(24-38)23-34(49)47-20-18-46(19-21-47)29-9-7-28(8-10-29)36-40-25-44(5)43-36/h6-13,22,25-26H,4,14-21,23-24H2,1-3,5H3,(H,41,42)/b27-6+,33-13+. The Morgan fingerprint density at radius 3 is 2.49 bits per heavy atom. The van der Waals surface area contributed by atoms with Crippen LogP contribution in [0.2, 0.25) is 0 Å². The molecule has 13 nitrogen and oxygen atoms in total. The highest BCUT2D eigenvalue weighted by Crippen LogP contribution is 2.43. The third kappa shape index (κ3) is 7.03. The van der Waals surface area contributed by atoms with Gasteiger partial charge in [0.15, 0.2) is 5.82 Å². The van der Waals surface area contributed by atoms with Gasteiger partial charge in [-0.1, -0.05) is 6.08 Å². The molecule has 3 aliphatic rings. The number of rotatable bonds is 10. The number of amides is 2. The van der Waals surface area contributed by atoms with Gasteiger partial charge in [0.1, 0.15) is 6.33 Å². The van der Waals surface area contributed by atoms with Crippen molar-refractivity contribution >= 4 is 46.4 Å². The molecule has 51 heavy (non-hydrogen) atoms. The molecule has 0 radical (unpaired) electrons. The van der Waals surface area contributed by atoms with Gasteiger partial charge in [-0.3, -0.25) is 24.3 Å². The zero-order chi connectivity index (χ0) is 35.7. The van der Waals surface area contributed by atoms with Crippen LogP contribution in [-0.2, 0) is 21.4 Å². The van der Waals surface area contributed by atoms with Crippen molar-refractivity contribution in [1.29, 1.82) is 0 Å². The van der Waals surface area contributed by atoms with Gasteiger partial charge in [0, 0.05) is 74.7 Å². The van der Waals surface area contributed by atoms with Gasteiger partial charge in [-0.25, -0.2) is 9.98 Å². The van der Waals surface area contributed by atoms with Crippen molar-refractivity contribution in [2.75, 3.05) is 62.2 Å². The van der Waals surface area contributed by atoms with Crippen LogP contribution < -0.4 is 9.80 Å². The average molecular weight is 691 g/mol. The number of hydrogen-bond acceptors (Lipinski definition) is 9. The maximum atomic E-state index is 14.0. The second-order valence-corrected chi connectivity index (χ2v) is 14.1. The molecular formula is C38H46N10O3. The second-order valence-electron chi connectivity index (χ2n) is 14.1. The molecule has 0 saturated carbocycles. The van der Waals surface area contributed by atoms with E-state index in [1.165, 1.54) is 0 Å². The molecular weight excluding hydrogens is 644 g/mol. The first-order valence-electron chi connectivity index (χ1n) is 17.7. The van der Waals surface area contributed by atoms with E-state index in [1.54, 1.807) is 17.1 Å². The number of hydrogen-bond donors (Lipinski definition) is 1. The van der Waals surface area contributed by atoms with Crippen molar-refractivity contribution < 1.29 is 14.3 Å². The van der Waals surface area contributed by atoms with Gasteiger partial charge < -0.3 is 19.4 Å². The number of anilines is 2. The Kier molecular flexibility index (Phi) is 9.47. The fraction of sp³-hybridized carbons (Fsp3) is 0.421. The fourth-order valence-electron chi connectivity index (χ4n) is 7.45. The molecule has 1 unspecified atom stereocenters. The molecule has 3 saturated heterocycles. The quantitative estimate of drug-likeness (QED) is 0.146. The minimum absolute atomic E-state index is 0.00769. The van der Waals surface area contributed by atoms with E-state index < -0.39 is 5.41 Å². The van der Waals surface area contributed by atoms with E-state index in [0.29, 0.717) is 44.4 Å². The highest BCUT2D eigenvalue weighted by atomic mass is 16.5. The normalized spacial score (nSPS) is 20.4. The fourth-order valence-corrected chi connectivity index (χ4v) is 7.45. The summed E-state index contributed by atoms with van der Waals surface area (Å²) < 4.78 is 7.37. The Morgan fingerprint density at radius 1 is 1.04 bits per heavy atom. The van der Waals surface area contributed by atoms with Gasteiger partial charge in [-0.2, -0.15) is 10.2 Å². The van der Waals surface area contributed by atoms with E-state index in [-0.39, 0.29) is 17.9 Å². The number of piperazine rings is 1. The number of aromatic amines is 1. The number of H-pyrrole nitrogens is 1. The van der Waals surface area contributed by atoms with Crippen LogP contribution in [0.15, 0.2) is 71.8 Å². The van der Waals surface area contributed by atoms with Crippen LogP contribution >= 0.6 is 0 Å². The van der Waals surface area contributed by atoms with Gasteiger partial charge in [0.2, 0.25) is 17.7 Å². The molecule has 2 aromatic heterocycles. The number of aryl methyl sites for hydroxylation is 1. The molecule has 5 heterocycles. The number of benzene rings is 2. The van der Waals surface area contributed by atoms with E-state index >= 15 is 0 Å². The first kappa shape index (κ1) is 34.2. The molecule has 1 spiro atoms. The summed E-state index contributed by atoms with van der Waals surface area (Å²) in [6, 6.07) is 14.3. The summed E-state index contributed by atoms with van der Waals surface area (Å²) in [5.41, 5.74) is 5.15. The van der Waals surface area contributed by atoms with Gasteiger partial charge in [-0.15, -0.1) is 0 Å². The van der Waals surface area contributed by atoms with Crippen LogP contribution in [0.5, 0.6) is 0 Å². The number of aliphatic imine (C=N–C) groups is 1. The summed E-state index contributed by atoms with van der Waals surface area (Å²) in [5.74, 6) is 1.43. The maximum absolute atomic E-state index is 14.0. The van der Waals surface area contributed by atoms with Gasteiger partial charge in [0.05, 0.1) is 29.3 Å². The van der Waals surface area contributed by atoms with Crippen molar-refractivity contribution in [3.8, 4) is 11.4 Å². The lowest BCUT2D eigenvalue weighted by Crippen LogP contribution is -2.51. The number of allylic oxidation sites excluding steroid dienone is 3. The molecule has 1 atom stereocenters. The minimum atomic E-state index is -0.463. The van der Waals surface area contributed by atoms with Crippen molar-refractivity contribution in [1.82, 2.24) is 34.8 Å². The smallest absolute Gasteiger partial charge is 0.236 e. The van der Waals surface area contributed by atoms with Crippen molar-refractivity contribution in [2.24, 2.45) is 17.5 Å². The highest BCUT2D eigenvalue weighted by Gasteiger charge is 2.51. The first-order chi connectivity index (χ1) is 24.6. The first-order valence-corrected chi connectivity index (χ1v) is 17.7. The molecule has 3 aliphatic heterocycles. The maximum Gasteiger partial charge on any atom is 0.236 e. The van der Waals surface area contributed by atoms with E-state index in [1.807, 2.05) is 74.0 Å². The van der Waals surface area contributed by atoms with Gasteiger partial charge in [-0.05, 0) is 94.9 Å². The van der Waals surface area contributed by atoms with Crippen molar-refractivity contribution in [3.63, 3.8) is 0 Å². The summed E-state index contributed by atoms with van der Waals surface area (Å²) in [4.78, 5) is 44.1. The molecule has 2 amide bonds. The molecule has 0 aliphatic carbocycles. The number of ether oxygens (including phenoxy) is 1. The van der Waals surface area contributed by atoms with Crippen LogP contribution in [0, 0.1) is 5.41 Å². The number of nitrogens with zero attached hydrogens (tertiary/aromatic N) is 9. The van der Waals surface area contributed by atoms with Crippen LogP contribution in [0.4, 0.5) is 11.4 Å². The van der Waals surface area contributed by atoms with E-state index in [9.17, 15) is 9.59 Å². The minimum Gasteiger partial charge on any atom is -0.475 e. The number of nitrogens with one attached hydrogen (secondary N) is 1. The van der Waals surface area contributed by atoms with E-state index in [2.05, 4.69) is 53.9 Å². The third-order valence-electron chi connectivity index (χ3n) is 10.2. The largest absolute Gasteiger partial charge is 0.475 e. The molecule has 0 bridgehead atoms. The predicted octanol–water partition coefficient (Wildman–Crippen LogP) is 4.51. The Bertz CT molecular complexity index is 1990. The Labute approximate surface area is 298 Å². The Morgan fingerprint density at radius 2 is 1.78 bits per heavy atom. The summed E-state index contributed by atoms with van der Waals surface area (Å²) in [6.07, 6.45) is 6.94. The Balaban J connectivity index is 0.946. The number of fused-ring (bicyclic) bond motifs is 1. The van der Waals surface area contributed by atoms with Crippen LogP contribution in [0.3, 0.4) is 0 Å². The lowest BCUT2D eigenvalue weighted by molar-refractivity contribution is -0.133. The number of carbonyl (C=O) groups is 2. The van der Waals surface area contributed by atoms with Crippen LogP contribution in [0.1, 0.15) is 39.3 Å². The number of likely N-dealkylation sites (tertiary alicyclic amines) is 1. The third-order valence-corrected chi connectivity index (χ3v) is 10.2. The zero-order valence-electron chi connectivity index (χ0n) is 29.9. The predicted molar refractivity (Wildman–Crippen MR) is 199 cm³/mol. The average Bonchev–Trinajstić information content (AvgIpc) is 3.93. The SMILES string of the molecule is C=N/C(=C\C=C(/C)c1n[nH]c2ccc(N3CCC4(CCN(CC(=O)N5CCN(c6ccc(-c7ncn(C)n7)cc6)CC5)C4)C3=O)cc12)OC(C)C. The highest BCUT2D eigenvalue weighted by molar-refractivity contribution is 6.02. The lowest BCUT2D eigenvalue weighted by Gasteiger charge is -2.37. The number of carbonyl (C=O) groups excluding carboxylic acids is 2. The van der Waals surface area contributed by atoms with E-state index in [4.69, 9.17) is 4.74 Å². The molecule has 4 aromatic rings. The summed E-state index contributed by atoms with van der Waals surface area (Å²) in [7, 11) is 1.86. The molecule has 3 fully saturated rings. The summed E-state index contributed by atoms with van der Waals surface area (Å²) >= 11 is 0. The molecule has 266 valence electrons. The molecule has 2 aromatic carbocycles. The van der Waals surface area contributed by atoms with Crippen molar-refractivity contribution in [2.45, 2.75) is 39.7 Å². The number of aromatic nitrogens is 5.